The number of rotatable bonds is 3. The molecule has 2 aliphatic heterocycles. The molecule has 2 unspecified atom stereocenters. The van der Waals surface area contributed by atoms with Gasteiger partial charge in [0.05, 0.1) is 24.4 Å². The van der Waals surface area contributed by atoms with Crippen LogP contribution < -0.4 is 0 Å². The second kappa shape index (κ2) is 7.13. The Morgan fingerprint density at radius 2 is 1.68 bits per heavy atom. The minimum atomic E-state index is -4.59. The normalized spacial score (nSPS) is 28.3. The lowest BCUT2D eigenvalue weighted by molar-refractivity contribution is -0.151. The molecule has 4 rings (SSSR count). The molecule has 28 heavy (non-hydrogen) atoms. The standard InChI is InChI=1S/C21H21F4NO2/c22-19-7-6-15(21(23,24)25)8-18(19)20(27)9-16-12-28-13-17(10-20)26(16)11-14-4-2-1-3-5-14/h1-8,16-17,27H,9-13H2. The van der Waals surface area contributed by atoms with Gasteiger partial charge in [0, 0.05) is 24.2 Å². The van der Waals surface area contributed by atoms with Crippen LogP contribution in [0.15, 0.2) is 48.5 Å². The van der Waals surface area contributed by atoms with Gasteiger partial charge >= 0.3 is 6.18 Å². The molecule has 0 spiro atoms. The summed E-state index contributed by atoms with van der Waals surface area (Å²) in [5.74, 6) is -0.814. The fourth-order valence-corrected chi connectivity index (χ4v) is 4.38. The van der Waals surface area contributed by atoms with Gasteiger partial charge in [-0.15, -0.1) is 0 Å². The summed E-state index contributed by atoms with van der Waals surface area (Å²) in [6, 6.07) is 11.7. The molecule has 2 aliphatic rings. The predicted molar refractivity (Wildman–Crippen MR) is 94.9 cm³/mol. The third-order valence-corrected chi connectivity index (χ3v) is 5.71. The number of hydrogen-bond donors (Lipinski definition) is 1. The van der Waals surface area contributed by atoms with Gasteiger partial charge in [-0.2, -0.15) is 13.2 Å². The summed E-state index contributed by atoms with van der Waals surface area (Å²) in [6.45, 7) is 1.36. The van der Waals surface area contributed by atoms with Gasteiger partial charge in [0.2, 0.25) is 0 Å². The first-order valence-corrected chi connectivity index (χ1v) is 9.23. The highest BCUT2D eigenvalue weighted by Gasteiger charge is 2.48. The summed E-state index contributed by atoms with van der Waals surface area (Å²) in [7, 11) is 0. The average molecular weight is 395 g/mol. The van der Waals surface area contributed by atoms with Crippen LogP contribution >= 0.6 is 0 Å². The minimum Gasteiger partial charge on any atom is -0.385 e. The van der Waals surface area contributed by atoms with Crippen LogP contribution in [0.4, 0.5) is 17.6 Å². The van der Waals surface area contributed by atoms with Crippen molar-refractivity contribution in [2.45, 2.75) is 43.2 Å². The number of aliphatic hydroxyl groups is 1. The molecule has 2 bridgehead atoms. The molecular formula is C21H21F4NO2. The number of ether oxygens (including phenoxy) is 1. The largest absolute Gasteiger partial charge is 0.416 e. The molecule has 2 atom stereocenters. The quantitative estimate of drug-likeness (QED) is 0.795. The number of piperidine rings is 1. The lowest BCUT2D eigenvalue weighted by Crippen LogP contribution is -2.60. The van der Waals surface area contributed by atoms with Crippen LogP contribution in [0.1, 0.15) is 29.5 Å². The SMILES string of the molecule is OC1(c2cc(C(F)(F)F)ccc2F)CC2COCC(C1)N2Cc1ccccc1. The topological polar surface area (TPSA) is 32.7 Å². The first-order valence-electron chi connectivity index (χ1n) is 9.23. The molecule has 2 heterocycles. The summed E-state index contributed by atoms with van der Waals surface area (Å²) < 4.78 is 59.3. The molecule has 1 N–H and O–H groups in total. The zero-order valence-corrected chi connectivity index (χ0v) is 15.1. The highest BCUT2D eigenvalue weighted by atomic mass is 19.4. The van der Waals surface area contributed by atoms with E-state index in [-0.39, 0.29) is 30.5 Å². The van der Waals surface area contributed by atoms with E-state index in [9.17, 15) is 22.7 Å². The molecule has 2 aromatic carbocycles. The Kier molecular flexibility index (Phi) is 4.93. The zero-order valence-electron chi connectivity index (χ0n) is 15.1. The van der Waals surface area contributed by atoms with Crippen LogP contribution in [0.25, 0.3) is 0 Å². The van der Waals surface area contributed by atoms with Crippen LogP contribution in [-0.2, 0) is 23.1 Å². The lowest BCUT2D eigenvalue weighted by Gasteiger charge is -2.52. The summed E-state index contributed by atoms with van der Waals surface area (Å²) in [4.78, 5) is 2.21. The zero-order chi connectivity index (χ0) is 19.9. The maximum absolute atomic E-state index is 14.4. The molecule has 2 fully saturated rings. The number of fused-ring (bicyclic) bond motifs is 2. The number of halogens is 4. The molecule has 0 saturated carbocycles. The van der Waals surface area contributed by atoms with E-state index in [4.69, 9.17) is 4.74 Å². The van der Waals surface area contributed by atoms with Crippen molar-refractivity contribution < 1.29 is 27.4 Å². The van der Waals surface area contributed by atoms with Gasteiger partial charge in [-0.05, 0) is 36.6 Å². The molecule has 2 saturated heterocycles. The summed E-state index contributed by atoms with van der Waals surface area (Å²) in [6.07, 6.45) is -4.35. The van der Waals surface area contributed by atoms with Crippen molar-refractivity contribution in [2.24, 2.45) is 0 Å². The van der Waals surface area contributed by atoms with Crippen LogP contribution in [0.5, 0.6) is 0 Å². The van der Waals surface area contributed by atoms with Gasteiger partial charge in [-0.25, -0.2) is 4.39 Å². The molecule has 3 nitrogen and oxygen atoms in total. The number of benzene rings is 2. The van der Waals surface area contributed by atoms with Gasteiger partial charge in [0.15, 0.2) is 0 Å². The second-order valence-corrected chi connectivity index (χ2v) is 7.64. The van der Waals surface area contributed by atoms with Gasteiger partial charge in [-0.3, -0.25) is 4.90 Å². The first kappa shape index (κ1) is 19.4. The smallest absolute Gasteiger partial charge is 0.385 e. The van der Waals surface area contributed by atoms with E-state index in [0.29, 0.717) is 25.8 Å². The maximum atomic E-state index is 14.4. The fourth-order valence-electron chi connectivity index (χ4n) is 4.38. The monoisotopic (exact) mass is 395 g/mol. The number of hydrogen-bond acceptors (Lipinski definition) is 3. The van der Waals surface area contributed by atoms with Crippen LogP contribution in [-0.4, -0.2) is 35.3 Å². The molecule has 2 aromatic rings. The molecular weight excluding hydrogens is 374 g/mol. The van der Waals surface area contributed by atoms with Gasteiger partial charge in [0.1, 0.15) is 5.82 Å². The highest BCUT2D eigenvalue weighted by Crippen LogP contribution is 2.43. The Morgan fingerprint density at radius 3 is 2.29 bits per heavy atom. The number of nitrogens with zero attached hydrogens (tertiary/aromatic N) is 1. The van der Waals surface area contributed by atoms with Crippen molar-refractivity contribution in [3.63, 3.8) is 0 Å². The summed E-state index contributed by atoms with van der Waals surface area (Å²) in [5, 5.41) is 11.2. The maximum Gasteiger partial charge on any atom is 0.416 e. The van der Waals surface area contributed by atoms with Gasteiger partial charge in [0.25, 0.3) is 0 Å². The third kappa shape index (κ3) is 3.66. The Labute approximate surface area is 160 Å². The van der Waals surface area contributed by atoms with Crippen molar-refractivity contribution in [1.29, 1.82) is 0 Å². The third-order valence-electron chi connectivity index (χ3n) is 5.71. The van der Waals surface area contributed by atoms with E-state index < -0.39 is 23.2 Å². The van der Waals surface area contributed by atoms with Gasteiger partial charge < -0.3 is 9.84 Å². The lowest BCUT2D eigenvalue weighted by atomic mass is 9.76. The Balaban J connectivity index is 1.63. The van der Waals surface area contributed by atoms with Crippen molar-refractivity contribution in [1.82, 2.24) is 4.90 Å². The van der Waals surface area contributed by atoms with Crippen molar-refractivity contribution in [3.8, 4) is 0 Å². The molecule has 0 amide bonds. The van der Waals surface area contributed by atoms with Gasteiger partial charge in [-0.1, -0.05) is 30.3 Å². The first-order chi connectivity index (χ1) is 13.3. The highest BCUT2D eigenvalue weighted by molar-refractivity contribution is 5.33. The Morgan fingerprint density at radius 1 is 1.04 bits per heavy atom. The van der Waals surface area contributed by atoms with Crippen LogP contribution in [0.3, 0.4) is 0 Å². The number of morpholine rings is 1. The number of alkyl halides is 3. The van der Waals surface area contributed by atoms with Crippen molar-refractivity contribution in [3.05, 3.63) is 71.0 Å². The van der Waals surface area contributed by atoms with E-state index in [0.717, 1.165) is 17.7 Å². The van der Waals surface area contributed by atoms with E-state index in [2.05, 4.69) is 4.90 Å². The van der Waals surface area contributed by atoms with E-state index in [1.807, 2.05) is 30.3 Å². The van der Waals surface area contributed by atoms with Crippen molar-refractivity contribution >= 4 is 0 Å². The summed E-state index contributed by atoms with van der Waals surface area (Å²) in [5.41, 5.74) is -1.78. The second-order valence-electron chi connectivity index (χ2n) is 7.64. The van der Waals surface area contributed by atoms with Crippen LogP contribution in [0, 0.1) is 5.82 Å². The molecule has 7 heteroatoms. The van der Waals surface area contributed by atoms with E-state index in [1.54, 1.807) is 0 Å². The van der Waals surface area contributed by atoms with E-state index in [1.165, 1.54) is 0 Å². The Bertz CT molecular complexity index is 826. The minimum absolute atomic E-state index is 0.120. The molecule has 0 aromatic heterocycles. The fraction of sp³-hybridized carbons (Fsp3) is 0.429. The Hall–Kier alpha value is -1.96. The van der Waals surface area contributed by atoms with Crippen LogP contribution in [0.2, 0.25) is 0 Å². The van der Waals surface area contributed by atoms with E-state index >= 15 is 0 Å². The average Bonchev–Trinajstić information content (AvgIpc) is 2.63. The van der Waals surface area contributed by atoms with Crippen molar-refractivity contribution in [2.75, 3.05) is 13.2 Å². The summed E-state index contributed by atoms with van der Waals surface area (Å²) >= 11 is 0. The molecule has 0 aliphatic carbocycles. The predicted octanol–water partition coefficient (Wildman–Crippen LogP) is 4.10. The molecule has 0 radical (unpaired) electrons. The molecule has 150 valence electrons.